The molecule has 1 aromatic heterocycles. The Kier molecular flexibility index (Phi) is 6.31. The molecule has 2 aromatic carbocycles. The van der Waals surface area contributed by atoms with Gasteiger partial charge in [-0.05, 0) is 48.9 Å². The molecule has 0 saturated carbocycles. The van der Waals surface area contributed by atoms with Gasteiger partial charge in [0.15, 0.2) is 5.13 Å². The minimum Gasteiger partial charge on any atom is -0.326 e. The zero-order valence-electron chi connectivity index (χ0n) is 14.0. The number of hydrogen-bond donors (Lipinski definition) is 2. The molecule has 0 spiro atoms. The molecule has 0 aliphatic carbocycles. The smallest absolute Gasteiger partial charge is 0.257 e. The highest BCUT2D eigenvalue weighted by atomic mass is 79.9. The molecule has 0 atom stereocenters. The lowest BCUT2D eigenvalue weighted by atomic mass is 10.2. The summed E-state index contributed by atoms with van der Waals surface area (Å²) in [5.74, 6) is -0.870. The molecule has 0 saturated heterocycles. The maximum atomic E-state index is 12.9. The standard InChI is InChI=1S/C19H15BrFN3O2S/c20-13-2-1-3-15(10-13)22-17(25)9-8-16-11-27-19(23-16)24-18(26)12-4-6-14(21)7-5-12/h1-7,10-11H,8-9H2,(H,22,25)(H,23,24,26). The average molecular weight is 448 g/mol. The van der Waals surface area contributed by atoms with Crippen molar-refractivity contribution in [3.8, 4) is 0 Å². The van der Waals surface area contributed by atoms with Gasteiger partial charge in [0.25, 0.3) is 5.91 Å². The molecule has 0 bridgehead atoms. The first-order chi connectivity index (χ1) is 13.0. The highest BCUT2D eigenvalue weighted by Crippen LogP contribution is 2.19. The number of benzene rings is 2. The topological polar surface area (TPSA) is 71.1 Å². The van der Waals surface area contributed by atoms with Crippen molar-refractivity contribution in [2.45, 2.75) is 12.8 Å². The lowest BCUT2D eigenvalue weighted by Crippen LogP contribution is -2.13. The number of rotatable bonds is 6. The van der Waals surface area contributed by atoms with E-state index in [1.165, 1.54) is 35.6 Å². The lowest BCUT2D eigenvalue weighted by Gasteiger charge is -2.04. The van der Waals surface area contributed by atoms with Crippen LogP contribution >= 0.6 is 27.3 Å². The molecule has 2 N–H and O–H groups in total. The minimum atomic E-state index is -0.399. The first-order valence-electron chi connectivity index (χ1n) is 8.06. The zero-order chi connectivity index (χ0) is 19.2. The van der Waals surface area contributed by atoms with Gasteiger partial charge in [0.2, 0.25) is 5.91 Å². The van der Waals surface area contributed by atoms with Crippen LogP contribution in [0.2, 0.25) is 0 Å². The summed E-state index contributed by atoms with van der Waals surface area (Å²) in [6, 6.07) is 12.6. The number of amides is 2. The van der Waals surface area contributed by atoms with Crippen molar-refractivity contribution < 1.29 is 14.0 Å². The van der Waals surface area contributed by atoms with E-state index in [1.54, 1.807) is 5.38 Å². The van der Waals surface area contributed by atoms with Crippen LogP contribution in [0.15, 0.2) is 58.4 Å². The number of aromatic nitrogens is 1. The van der Waals surface area contributed by atoms with Crippen LogP contribution in [0.4, 0.5) is 15.2 Å². The monoisotopic (exact) mass is 447 g/mol. The Hall–Kier alpha value is -2.58. The predicted octanol–water partition coefficient (Wildman–Crippen LogP) is 4.87. The Labute approximate surface area is 167 Å². The van der Waals surface area contributed by atoms with Gasteiger partial charge in [0, 0.05) is 27.5 Å². The first-order valence-corrected chi connectivity index (χ1v) is 9.73. The fraction of sp³-hybridized carbons (Fsp3) is 0.105. The van der Waals surface area contributed by atoms with E-state index in [0.717, 1.165) is 15.9 Å². The molecule has 3 rings (SSSR count). The van der Waals surface area contributed by atoms with Crippen LogP contribution in [-0.2, 0) is 11.2 Å². The van der Waals surface area contributed by atoms with Crippen molar-refractivity contribution in [3.05, 3.63) is 75.5 Å². The van der Waals surface area contributed by atoms with E-state index in [2.05, 4.69) is 31.5 Å². The summed E-state index contributed by atoms with van der Waals surface area (Å²) >= 11 is 4.64. The lowest BCUT2D eigenvalue weighted by molar-refractivity contribution is -0.116. The van der Waals surface area contributed by atoms with E-state index >= 15 is 0 Å². The van der Waals surface area contributed by atoms with Gasteiger partial charge in [-0.2, -0.15) is 0 Å². The SMILES string of the molecule is O=C(CCc1csc(NC(=O)c2ccc(F)cc2)n1)Nc1cccc(Br)c1. The van der Waals surface area contributed by atoms with Gasteiger partial charge in [-0.15, -0.1) is 11.3 Å². The van der Waals surface area contributed by atoms with Crippen molar-refractivity contribution in [1.29, 1.82) is 0 Å². The molecule has 8 heteroatoms. The van der Waals surface area contributed by atoms with Crippen molar-refractivity contribution in [2.75, 3.05) is 10.6 Å². The van der Waals surface area contributed by atoms with Gasteiger partial charge in [-0.25, -0.2) is 9.37 Å². The molecule has 0 radical (unpaired) electrons. The molecule has 138 valence electrons. The molecule has 3 aromatic rings. The summed E-state index contributed by atoms with van der Waals surface area (Å²) in [5.41, 5.74) is 1.79. The maximum absolute atomic E-state index is 12.9. The van der Waals surface area contributed by atoms with Gasteiger partial charge in [0.1, 0.15) is 5.82 Å². The van der Waals surface area contributed by atoms with Crippen LogP contribution in [-0.4, -0.2) is 16.8 Å². The van der Waals surface area contributed by atoms with Crippen LogP contribution in [0.1, 0.15) is 22.5 Å². The Balaban J connectivity index is 1.51. The van der Waals surface area contributed by atoms with Gasteiger partial charge in [0.05, 0.1) is 5.69 Å². The van der Waals surface area contributed by atoms with E-state index in [0.29, 0.717) is 17.1 Å². The molecule has 5 nitrogen and oxygen atoms in total. The van der Waals surface area contributed by atoms with Crippen molar-refractivity contribution in [3.63, 3.8) is 0 Å². The Morgan fingerprint density at radius 2 is 1.89 bits per heavy atom. The second kappa shape index (κ2) is 8.88. The third kappa shape index (κ3) is 5.70. The van der Waals surface area contributed by atoms with Gasteiger partial charge < -0.3 is 5.32 Å². The van der Waals surface area contributed by atoms with Crippen molar-refractivity contribution >= 4 is 49.9 Å². The largest absolute Gasteiger partial charge is 0.326 e. The second-order valence-electron chi connectivity index (χ2n) is 5.66. The molecule has 27 heavy (non-hydrogen) atoms. The number of nitrogens with one attached hydrogen (secondary N) is 2. The molecule has 0 fully saturated rings. The summed E-state index contributed by atoms with van der Waals surface area (Å²) in [5, 5.41) is 7.73. The third-order valence-corrected chi connectivity index (χ3v) is 4.89. The van der Waals surface area contributed by atoms with E-state index in [9.17, 15) is 14.0 Å². The van der Waals surface area contributed by atoms with Crippen LogP contribution < -0.4 is 10.6 Å². The minimum absolute atomic E-state index is 0.113. The Bertz CT molecular complexity index is 960. The molecule has 0 aliphatic heterocycles. The maximum Gasteiger partial charge on any atom is 0.257 e. The van der Waals surface area contributed by atoms with Gasteiger partial charge in [-0.3, -0.25) is 14.9 Å². The predicted molar refractivity (Wildman–Crippen MR) is 108 cm³/mol. The van der Waals surface area contributed by atoms with E-state index < -0.39 is 5.82 Å². The van der Waals surface area contributed by atoms with Crippen LogP contribution in [0.3, 0.4) is 0 Å². The summed E-state index contributed by atoms with van der Waals surface area (Å²) in [7, 11) is 0. The highest BCUT2D eigenvalue weighted by Gasteiger charge is 2.10. The molecular weight excluding hydrogens is 433 g/mol. The average Bonchev–Trinajstić information content (AvgIpc) is 3.08. The Morgan fingerprint density at radius 1 is 1.11 bits per heavy atom. The number of carbonyl (C=O) groups is 2. The first kappa shape index (κ1) is 19.2. The molecular formula is C19H15BrFN3O2S. The number of aryl methyl sites for hydroxylation is 1. The summed E-state index contributed by atoms with van der Waals surface area (Å²) < 4.78 is 13.8. The fourth-order valence-corrected chi connectivity index (χ4v) is 3.42. The molecule has 1 heterocycles. The fourth-order valence-electron chi connectivity index (χ4n) is 2.28. The number of anilines is 2. The van der Waals surface area contributed by atoms with Gasteiger partial charge >= 0.3 is 0 Å². The quantitative estimate of drug-likeness (QED) is 0.566. The van der Waals surface area contributed by atoms with Crippen LogP contribution in [0, 0.1) is 5.82 Å². The highest BCUT2D eigenvalue weighted by molar-refractivity contribution is 9.10. The third-order valence-electron chi connectivity index (χ3n) is 3.60. The number of thiazole rings is 1. The number of carbonyl (C=O) groups excluding carboxylic acids is 2. The number of halogens is 2. The summed E-state index contributed by atoms with van der Waals surface area (Å²) in [6.07, 6.45) is 0.740. The molecule has 0 unspecified atom stereocenters. The Morgan fingerprint density at radius 3 is 2.63 bits per heavy atom. The summed E-state index contributed by atoms with van der Waals surface area (Å²) in [4.78, 5) is 28.5. The zero-order valence-corrected chi connectivity index (χ0v) is 16.4. The normalized spacial score (nSPS) is 10.4. The molecule has 0 aliphatic rings. The van der Waals surface area contributed by atoms with Gasteiger partial charge in [-0.1, -0.05) is 22.0 Å². The summed E-state index contributed by atoms with van der Waals surface area (Å²) in [6.45, 7) is 0. The molecule has 2 amide bonds. The van der Waals surface area contributed by atoms with Crippen molar-refractivity contribution in [2.24, 2.45) is 0 Å². The second-order valence-corrected chi connectivity index (χ2v) is 7.44. The van der Waals surface area contributed by atoms with Crippen LogP contribution in [0.25, 0.3) is 0 Å². The van der Waals surface area contributed by atoms with Crippen molar-refractivity contribution in [1.82, 2.24) is 4.98 Å². The van der Waals surface area contributed by atoms with Crippen LogP contribution in [0.5, 0.6) is 0 Å². The number of hydrogen-bond acceptors (Lipinski definition) is 4. The number of nitrogens with zero attached hydrogens (tertiary/aromatic N) is 1. The van der Waals surface area contributed by atoms with E-state index in [4.69, 9.17) is 0 Å². The van der Waals surface area contributed by atoms with E-state index in [-0.39, 0.29) is 18.2 Å². The van der Waals surface area contributed by atoms with E-state index in [1.807, 2.05) is 24.3 Å².